The lowest BCUT2D eigenvalue weighted by Gasteiger charge is -2.61. The van der Waals surface area contributed by atoms with E-state index in [1.807, 2.05) is 0 Å². The van der Waals surface area contributed by atoms with Crippen LogP contribution < -0.4 is 0 Å². The first kappa shape index (κ1) is 45.2. The van der Waals surface area contributed by atoms with Crippen molar-refractivity contribution in [2.45, 2.75) is 260 Å². The van der Waals surface area contributed by atoms with Crippen molar-refractivity contribution in [3.8, 4) is 0 Å². The van der Waals surface area contributed by atoms with E-state index in [9.17, 15) is 4.79 Å². The first-order chi connectivity index (χ1) is 25.6. The molecule has 2 nitrogen and oxygen atoms in total. The van der Waals surface area contributed by atoms with Gasteiger partial charge in [0.2, 0.25) is 0 Å². The smallest absolute Gasteiger partial charge is 0.306 e. The first-order valence-electron chi connectivity index (χ1n) is 24.8. The molecule has 0 aliphatic heterocycles. The molecule has 0 bridgehead atoms. The Balaban J connectivity index is 1.03. The average Bonchev–Trinajstić information content (AvgIpc) is 3.50. The van der Waals surface area contributed by atoms with E-state index >= 15 is 0 Å². The van der Waals surface area contributed by atoms with Crippen LogP contribution in [0.4, 0.5) is 0 Å². The number of hydrogen-bond donors (Lipinski definition) is 0. The molecule has 4 saturated carbocycles. The second-order valence-electron chi connectivity index (χ2n) is 20.9. The monoisotopic (exact) mass is 739 g/mol. The predicted octanol–water partition coefficient (Wildman–Crippen LogP) is 16.5. The fraction of sp³-hybridized carbons (Fsp3) is 0.980. The Hall–Kier alpha value is -0.530. The van der Waals surface area contributed by atoms with Gasteiger partial charge >= 0.3 is 5.97 Å². The van der Waals surface area contributed by atoms with E-state index in [0.29, 0.717) is 17.3 Å². The van der Waals surface area contributed by atoms with Crippen molar-refractivity contribution in [2.24, 2.45) is 58.2 Å². The number of rotatable bonds is 27. The van der Waals surface area contributed by atoms with E-state index in [0.717, 1.165) is 66.6 Å². The number of esters is 1. The second kappa shape index (κ2) is 23.6. The Morgan fingerprint density at radius 2 is 1.13 bits per heavy atom. The van der Waals surface area contributed by atoms with Crippen molar-refractivity contribution in [3.05, 3.63) is 0 Å². The maximum absolute atomic E-state index is 12.9. The topological polar surface area (TPSA) is 26.3 Å². The fourth-order valence-corrected chi connectivity index (χ4v) is 13.6. The second-order valence-corrected chi connectivity index (χ2v) is 20.9. The molecule has 4 aliphatic rings. The minimum Gasteiger partial charge on any atom is -0.462 e. The predicted molar refractivity (Wildman–Crippen MR) is 230 cm³/mol. The number of hydrogen-bond acceptors (Lipinski definition) is 2. The molecule has 4 aliphatic carbocycles. The maximum Gasteiger partial charge on any atom is 0.306 e. The van der Waals surface area contributed by atoms with Crippen molar-refractivity contribution in [1.82, 2.24) is 0 Å². The Bertz CT molecular complexity index is 987. The van der Waals surface area contributed by atoms with Crippen molar-refractivity contribution < 1.29 is 9.53 Å². The van der Waals surface area contributed by atoms with Crippen LogP contribution in [0.25, 0.3) is 0 Å². The molecule has 0 amide bonds. The van der Waals surface area contributed by atoms with Crippen molar-refractivity contribution in [3.63, 3.8) is 0 Å². The fourth-order valence-electron chi connectivity index (χ4n) is 13.6. The van der Waals surface area contributed by atoms with Crippen molar-refractivity contribution >= 4 is 5.97 Å². The number of unbranched alkanes of at least 4 members (excludes halogenated alkanes) is 18. The minimum absolute atomic E-state index is 0.0949. The summed E-state index contributed by atoms with van der Waals surface area (Å²) in [4.78, 5) is 12.9. The summed E-state index contributed by atoms with van der Waals surface area (Å²) in [5.74, 6) is 7.20. The summed E-state index contributed by atoms with van der Waals surface area (Å²) in [5, 5.41) is 0. The number of carbonyl (C=O) groups is 1. The van der Waals surface area contributed by atoms with Gasteiger partial charge in [-0.1, -0.05) is 177 Å². The van der Waals surface area contributed by atoms with Gasteiger partial charge in [-0.05, 0) is 129 Å². The third-order valence-corrected chi connectivity index (χ3v) is 17.1. The molecule has 0 aromatic carbocycles. The number of carbonyl (C=O) groups excluding carboxylic acids is 1. The molecule has 2 unspecified atom stereocenters. The largest absolute Gasteiger partial charge is 0.462 e. The molecule has 0 aromatic rings. The van der Waals surface area contributed by atoms with Crippen LogP contribution in [-0.4, -0.2) is 12.1 Å². The van der Waals surface area contributed by atoms with Gasteiger partial charge in [0.1, 0.15) is 6.10 Å². The molecule has 0 N–H and O–H groups in total. The van der Waals surface area contributed by atoms with E-state index in [4.69, 9.17) is 4.74 Å². The van der Waals surface area contributed by atoms with Crippen LogP contribution in [0, 0.1) is 58.2 Å². The van der Waals surface area contributed by atoms with Crippen LogP contribution in [-0.2, 0) is 9.53 Å². The summed E-state index contributed by atoms with van der Waals surface area (Å²) < 4.78 is 6.21. The molecule has 0 aromatic heterocycles. The van der Waals surface area contributed by atoms with Crippen LogP contribution in [0.1, 0.15) is 254 Å². The Morgan fingerprint density at radius 1 is 0.604 bits per heavy atom. The normalized spacial score (nSPS) is 32.2. The summed E-state index contributed by atoms with van der Waals surface area (Å²) in [7, 11) is 0. The van der Waals surface area contributed by atoms with Gasteiger partial charge in [-0.15, -0.1) is 0 Å². The van der Waals surface area contributed by atoms with Crippen molar-refractivity contribution in [2.75, 3.05) is 0 Å². The molecule has 0 spiro atoms. The first-order valence-corrected chi connectivity index (χ1v) is 24.8. The van der Waals surface area contributed by atoms with Gasteiger partial charge in [0, 0.05) is 6.42 Å². The zero-order valence-corrected chi connectivity index (χ0v) is 37.1. The number of ether oxygens (including phenoxy) is 1. The van der Waals surface area contributed by atoms with Crippen LogP contribution >= 0.6 is 0 Å². The summed E-state index contributed by atoms with van der Waals surface area (Å²) in [5.41, 5.74) is 1.04. The van der Waals surface area contributed by atoms with E-state index in [2.05, 4.69) is 48.5 Å². The SMILES string of the molecule is CCCCCCCCCCCCCCCCCCCCCC(=O)OC1CC[C@@]2(C)C(CC[C@H]3[C@@H]4CC[C@H]([C@H](C)CC[C@@H](CC)C(C)C)[C@@]4(C)CC[C@@H]32)C1. The van der Waals surface area contributed by atoms with E-state index < -0.39 is 0 Å². The van der Waals surface area contributed by atoms with E-state index in [1.165, 1.54) is 180 Å². The van der Waals surface area contributed by atoms with E-state index in [1.54, 1.807) is 0 Å². The van der Waals surface area contributed by atoms with Gasteiger partial charge in [0.25, 0.3) is 0 Å². The molecule has 0 radical (unpaired) electrons. The Kier molecular flexibility index (Phi) is 20.2. The molecule has 53 heavy (non-hydrogen) atoms. The van der Waals surface area contributed by atoms with Gasteiger partial charge in [-0.2, -0.15) is 0 Å². The van der Waals surface area contributed by atoms with Gasteiger partial charge in [-0.25, -0.2) is 0 Å². The minimum atomic E-state index is 0.0949. The Labute approximate surface area is 332 Å². The summed E-state index contributed by atoms with van der Waals surface area (Å²) in [6.07, 6.45) is 43.7. The molecular formula is C51H94O2. The highest BCUT2D eigenvalue weighted by Crippen LogP contribution is 2.68. The van der Waals surface area contributed by atoms with E-state index in [-0.39, 0.29) is 12.1 Å². The molecule has 310 valence electrons. The van der Waals surface area contributed by atoms with Gasteiger partial charge in [0.05, 0.1) is 0 Å². The number of fused-ring (bicyclic) bond motifs is 5. The Morgan fingerprint density at radius 3 is 1.68 bits per heavy atom. The average molecular weight is 739 g/mol. The summed E-state index contributed by atoms with van der Waals surface area (Å²) in [6.45, 7) is 17.6. The molecule has 0 heterocycles. The highest BCUT2D eigenvalue weighted by atomic mass is 16.5. The third-order valence-electron chi connectivity index (χ3n) is 17.1. The highest BCUT2D eigenvalue weighted by molar-refractivity contribution is 5.69. The molecule has 0 saturated heterocycles. The molecular weight excluding hydrogens is 645 g/mol. The molecule has 4 fully saturated rings. The maximum atomic E-state index is 12.9. The van der Waals surface area contributed by atoms with Gasteiger partial charge < -0.3 is 4.74 Å². The standard InChI is InChI=1S/C51H94O2/c1-8-10-11-12-13-14-15-16-17-18-19-20-21-22-23-24-25-26-27-28-49(52)53-44-35-37-50(6)43(39-44)31-32-45-47-34-33-46(51(47,7)38-36-48(45)50)41(5)29-30-42(9-2)40(3)4/h40-48H,8-39H2,1-7H3/t41-,42-,43?,44?,45+,46-,47+,48+,50+,51-/m1/s1. The quantitative estimate of drug-likeness (QED) is 0.0619. The lowest BCUT2D eigenvalue weighted by Crippen LogP contribution is -2.54. The lowest BCUT2D eigenvalue weighted by atomic mass is 9.44. The molecule has 4 rings (SSSR count). The molecule has 2 heteroatoms. The van der Waals surface area contributed by atoms with Crippen molar-refractivity contribution in [1.29, 1.82) is 0 Å². The summed E-state index contributed by atoms with van der Waals surface area (Å²) in [6, 6.07) is 0. The third kappa shape index (κ3) is 13.3. The van der Waals surface area contributed by atoms with Crippen LogP contribution in [0.15, 0.2) is 0 Å². The van der Waals surface area contributed by atoms with Crippen LogP contribution in [0.2, 0.25) is 0 Å². The van der Waals surface area contributed by atoms with Gasteiger partial charge in [-0.3, -0.25) is 4.79 Å². The zero-order valence-electron chi connectivity index (χ0n) is 37.1. The zero-order chi connectivity index (χ0) is 38.1. The van der Waals surface area contributed by atoms with Crippen LogP contribution in [0.3, 0.4) is 0 Å². The highest BCUT2D eigenvalue weighted by Gasteiger charge is 2.60. The van der Waals surface area contributed by atoms with Gasteiger partial charge in [0.15, 0.2) is 0 Å². The molecule has 10 atom stereocenters. The lowest BCUT2D eigenvalue weighted by molar-refractivity contribution is -0.162. The van der Waals surface area contributed by atoms with Crippen LogP contribution in [0.5, 0.6) is 0 Å². The summed E-state index contributed by atoms with van der Waals surface area (Å²) >= 11 is 0.